The highest BCUT2D eigenvalue weighted by atomic mass is 19.4. The van der Waals surface area contributed by atoms with E-state index in [9.17, 15) is 18.0 Å². The van der Waals surface area contributed by atoms with Gasteiger partial charge in [0.1, 0.15) is 17.2 Å². The van der Waals surface area contributed by atoms with Gasteiger partial charge in [0.25, 0.3) is 0 Å². The predicted molar refractivity (Wildman–Crippen MR) is 92.0 cm³/mol. The van der Waals surface area contributed by atoms with Gasteiger partial charge in [0.15, 0.2) is 5.43 Å². The van der Waals surface area contributed by atoms with E-state index in [2.05, 4.69) is 9.72 Å². The zero-order chi connectivity index (χ0) is 19.1. The number of hydrogen-bond acceptors (Lipinski definition) is 3. The molecular formula is C19H16F3NO3. The molecule has 0 amide bonds. The molecule has 3 rings (SSSR count). The van der Waals surface area contributed by atoms with Gasteiger partial charge in [0.2, 0.25) is 0 Å². The van der Waals surface area contributed by atoms with Crippen molar-refractivity contribution in [1.82, 2.24) is 4.98 Å². The lowest BCUT2D eigenvalue weighted by Crippen LogP contribution is -2.16. The molecule has 1 aromatic heterocycles. The Kier molecular flexibility index (Phi) is 4.39. The number of rotatable bonds is 3. The quantitative estimate of drug-likeness (QED) is 0.701. The van der Waals surface area contributed by atoms with Crippen LogP contribution in [-0.4, -0.2) is 11.3 Å². The van der Waals surface area contributed by atoms with Crippen LogP contribution in [-0.2, 0) is 0 Å². The molecule has 0 atom stereocenters. The molecule has 0 saturated carbocycles. The summed E-state index contributed by atoms with van der Waals surface area (Å²) in [6.45, 7) is 5.35. The van der Waals surface area contributed by atoms with Crippen LogP contribution in [0.25, 0.3) is 10.9 Å². The summed E-state index contributed by atoms with van der Waals surface area (Å²) in [6, 6.07) is 8.53. The van der Waals surface area contributed by atoms with Crippen molar-refractivity contribution in [1.29, 1.82) is 0 Å². The standard InChI is InChI=1S/C19H16F3NO3/c1-10-12(3)23-15-8-9-16(11(2)17(15)18(10)24)25-13-4-6-14(7-5-13)26-19(20,21)22/h4-9H,1-3H3,(H,23,24). The molecule has 2 aromatic carbocycles. The van der Waals surface area contributed by atoms with E-state index in [0.29, 0.717) is 33.5 Å². The summed E-state index contributed by atoms with van der Waals surface area (Å²) in [5.41, 5.74) is 2.72. The maximum Gasteiger partial charge on any atom is 0.573 e. The minimum absolute atomic E-state index is 0.0758. The topological polar surface area (TPSA) is 51.3 Å². The van der Waals surface area contributed by atoms with Crippen molar-refractivity contribution in [2.75, 3.05) is 0 Å². The van der Waals surface area contributed by atoms with E-state index in [1.165, 1.54) is 24.3 Å². The van der Waals surface area contributed by atoms with E-state index < -0.39 is 6.36 Å². The Morgan fingerprint density at radius 3 is 2.12 bits per heavy atom. The monoisotopic (exact) mass is 363 g/mol. The second-order valence-electron chi connectivity index (χ2n) is 5.94. The molecule has 0 saturated heterocycles. The van der Waals surface area contributed by atoms with Crippen molar-refractivity contribution in [2.24, 2.45) is 0 Å². The van der Waals surface area contributed by atoms with Crippen molar-refractivity contribution in [2.45, 2.75) is 27.1 Å². The van der Waals surface area contributed by atoms with Crippen LogP contribution in [0.4, 0.5) is 13.2 Å². The lowest BCUT2D eigenvalue weighted by molar-refractivity contribution is -0.274. The van der Waals surface area contributed by atoms with Gasteiger partial charge in [-0.1, -0.05) is 0 Å². The van der Waals surface area contributed by atoms with E-state index in [1.54, 1.807) is 26.0 Å². The Morgan fingerprint density at radius 2 is 1.50 bits per heavy atom. The fourth-order valence-electron chi connectivity index (χ4n) is 2.69. The number of ether oxygens (including phenoxy) is 2. The normalized spacial score (nSPS) is 11.6. The van der Waals surface area contributed by atoms with Crippen molar-refractivity contribution < 1.29 is 22.6 Å². The molecule has 0 fully saturated rings. The van der Waals surface area contributed by atoms with E-state index in [0.717, 1.165) is 5.69 Å². The first kappa shape index (κ1) is 17.8. The number of nitrogens with one attached hydrogen (secondary N) is 1. The Hall–Kier alpha value is -2.96. The molecule has 0 spiro atoms. The molecular weight excluding hydrogens is 347 g/mol. The summed E-state index contributed by atoms with van der Waals surface area (Å²) in [7, 11) is 0. The average Bonchev–Trinajstić information content (AvgIpc) is 2.55. The Labute approximate surface area is 147 Å². The first-order valence-corrected chi connectivity index (χ1v) is 7.82. The Balaban J connectivity index is 1.94. The van der Waals surface area contributed by atoms with Crippen LogP contribution in [0.3, 0.4) is 0 Å². The molecule has 26 heavy (non-hydrogen) atoms. The van der Waals surface area contributed by atoms with Gasteiger partial charge < -0.3 is 14.5 Å². The summed E-state index contributed by atoms with van der Waals surface area (Å²) in [6.07, 6.45) is -4.74. The highest BCUT2D eigenvalue weighted by Gasteiger charge is 2.31. The number of aryl methyl sites for hydroxylation is 2. The zero-order valence-corrected chi connectivity index (χ0v) is 14.3. The third-order valence-electron chi connectivity index (χ3n) is 4.15. The number of benzene rings is 2. The van der Waals surface area contributed by atoms with Gasteiger partial charge in [-0.05, 0) is 57.2 Å². The molecule has 0 aliphatic carbocycles. The largest absolute Gasteiger partial charge is 0.573 e. The van der Waals surface area contributed by atoms with Crippen molar-refractivity contribution in [3.63, 3.8) is 0 Å². The summed E-state index contributed by atoms with van der Waals surface area (Å²) < 4.78 is 46.2. The Bertz CT molecular complexity index is 1020. The number of hydrogen-bond donors (Lipinski definition) is 1. The maximum atomic E-state index is 12.6. The van der Waals surface area contributed by atoms with Gasteiger partial charge in [-0.25, -0.2) is 0 Å². The lowest BCUT2D eigenvalue weighted by atomic mass is 10.0. The van der Waals surface area contributed by atoms with Crippen LogP contribution in [0, 0.1) is 20.8 Å². The van der Waals surface area contributed by atoms with Crippen LogP contribution >= 0.6 is 0 Å². The second kappa shape index (κ2) is 6.40. The SMILES string of the molecule is Cc1[nH]c2ccc(Oc3ccc(OC(F)(F)F)cc3)c(C)c2c(=O)c1C. The molecule has 136 valence electrons. The van der Waals surface area contributed by atoms with Gasteiger partial charge in [-0.2, -0.15) is 0 Å². The fourth-order valence-corrected chi connectivity index (χ4v) is 2.69. The molecule has 7 heteroatoms. The van der Waals surface area contributed by atoms with E-state index in [4.69, 9.17) is 4.74 Å². The third kappa shape index (κ3) is 3.51. The van der Waals surface area contributed by atoms with E-state index >= 15 is 0 Å². The van der Waals surface area contributed by atoms with Crippen LogP contribution < -0.4 is 14.9 Å². The molecule has 0 aliphatic heterocycles. The Morgan fingerprint density at radius 1 is 0.885 bits per heavy atom. The number of alkyl halides is 3. The van der Waals surface area contributed by atoms with Crippen LogP contribution in [0.2, 0.25) is 0 Å². The third-order valence-corrected chi connectivity index (χ3v) is 4.15. The molecule has 1 N–H and O–H groups in total. The predicted octanol–water partition coefficient (Wildman–Crippen LogP) is 5.14. The number of H-pyrrole nitrogens is 1. The molecule has 1 heterocycles. The van der Waals surface area contributed by atoms with Crippen LogP contribution in [0.15, 0.2) is 41.2 Å². The summed E-state index contributed by atoms with van der Waals surface area (Å²) in [5.74, 6) is 0.459. The van der Waals surface area contributed by atoms with Gasteiger partial charge >= 0.3 is 6.36 Å². The lowest BCUT2D eigenvalue weighted by Gasteiger charge is -2.13. The smallest absolute Gasteiger partial charge is 0.457 e. The van der Waals surface area contributed by atoms with E-state index in [-0.39, 0.29) is 11.2 Å². The van der Waals surface area contributed by atoms with Gasteiger partial charge in [0.05, 0.1) is 10.9 Å². The summed E-state index contributed by atoms with van der Waals surface area (Å²) in [4.78, 5) is 15.7. The van der Waals surface area contributed by atoms with Crippen molar-refractivity contribution in [3.8, 4) is 17.2 Å². The first-order chi connectivity index (χ1) is 12.2. The molecule has 0 unspecified atom stereocenters. The second-order valence-corrected chi connectivity index (χ2v) is 5.94. The molecule has 3 aromatic rings. The first-order valence-electron chi connectivity index (χ1n) is 7.82. The number of aromatic nitrogens is 1. The number of pyridine rings is 1. The molecule has 0 aliphatic rings. The molecule has 0 bridgehead atoms. The zero-order valence-electron chi connectivity index (χ0n) is 14.3. The van der Waals surface area contributed by atoms with E-state index in [1.807, 2.05) is 6.92 Å². The minimum Gasteiger partial charge on any atom is -0.457 e. The highest BCUT2D eigenvalue weighted by molar-refractivity contribution is 5.85. The van der Waals surface area contributed by atoms with Gasteiger partial charge in [-0.3, -0.25) is 4.79 Å². The maximum absolute atomic E-state index is 12.6. The molecule has 0 radical (unpaired) electrons. The van der Waals surface area contributed by atoms with Crippen molar-refractivity contribution in [3.05, 3.63) is 63.4 Å². The fraction of sp³-hybridized carbons (Fsp3) is 0.211. The van der Waals surface area contributed by atoms with Gasteiger partial charge in [0, 0.05) is 16.8 Å². The summed E-state index contributed by atoms with van der Waals surface area (Å²) >= 11 is 0. The minimum atomic E-state index is -4.74. The number of aromatic amines is 1. The van der Waals surface area contributed by atoms with Crippen molar-refractivity contribution >= 4 is 10.9 Å². The summed E-state index contributed by atoms with van der Waals surface area (Å²) in [5, 5.41) is 0.530. The number of fused-ring (bicyclic) bond motifs is 1. The number of halogens is 3. The molecule has 4 nitrogen and oxygen atoms in total. The van der Waals surface area contributed by atoms with Crippen LogP contribution in [0.5, 0.6) is 17.2 Å². The average molecular weight is 363 g/mol. The highest BCUT2D eigenvalue weighted by Crippen LogP contribution is 2.31. The van der Waals surface area contributed by atoms with Crippen LogP contribution in [0.1, 0.15) is 16.8 Å². The van der Waals surface area contributed by atoms with Gasteiger partial charge in [-0.15, -0.1) is 13.2 Å².